The smallest absolute Gasteiger partial charge is 0.315 e. The molecule has 1 aromatic rings. The van der Waals surface area contributed by atoms with Gasteiger partial charge in [-0.15, -0.1) is 0 Å². The molecule has 1 saturated heterocycles. The van der Waals surface area contributed by atoms with Crippen molar-refractivity contribution in [1.82, 2.24) is 10.6 Å². The number of carbonyl (C=O) groups is 1. The van der Waals surface area contributed by atoms with Crippen molar-refractivity contribution in [2.24, 2.45) is 0 Å². The zero-order valence-corrected chi connectivity index (χ0v) is 9.52. The van der Waals surface area contributed by atoms with Crippen LogP contribution in [0.2, 0.25) is 5.02 Å². The maximum Gasteiger partial charge on any atom is 0.315 e. The first-order chi connectivity index (χ1) is 6.66. The van der Waals surface area contributed by atoms with Gasteiger partial charge in [-0.3, -0.25) is 0 Å². The second kappa shape index (κ2) is 3.79. The summed E-state index contributed by atoms with van der Waals surface area (Å²) in [5, 5.41) is 6.19. The number of halogens is 2. The zero-order chi connectivity index (χ0) is 10.1. The summed E-state index contributed by atoms with van der Waals surface area (Å²) in [6.07, 6.45) is 0. The Balaban J connectivity index is 2.28. The van der Waals surface area contributed by atoms with Crippen molar-refractivity contribution in [2.45, 2.75) is 6.04 Å². The number of nitrogens with one attached hydrogen (secondary N) is 2. The van der Waals surface area contributed by atoms with Crippen molar-refractivity contribution in [3.63, 3.8) is 0 Å². The number of benzene rings is 1. The van der Waals surface area contributed by atoms with Crippen LogP contribution in [0.4, 0.5) is 4.79 Å². The molecule has 0 spiro atoms. The van der Waals surface area contributed by atoms with E-state index in [4.69, 9.17) is 11.6 Å². The van der Waals surface area contributed by atoms with Crippen LogP contribution < -0.4 is 10.6 Å². The number of carbonyl (C=O) groups excluding carboxylic acids is 1. The lowest BCUT2D eigenvalue weighted by Gasteiger charge is -2.11. The molecule has 1 heterocycles. The summed E-state index contributed by atoms with van der Waals surface area (Å²) in [6, 6.07) is 5.43. The number of amides is 2. The third-order valence-corrected chi connectivity index (χ3v) is 3.03. The molecule has 1 fully saturated rings. The standard InChI is InChI=1S/C9H8BrClN2O/c10-7-3-5(11)1-2-6(7)8-4-12-9(14)13-8/h1-3,8H,4H2,(H2,12,13,14)/t8-/m0/s1. The van der Waals surface area contributed by atoms with E-state index in [1.165, 1.54) is 0 Å². The van der Waals surface area contributed by atoms with Crippen molar-refractivity contribution < 1.29 is 4.79 Å². The molecule has 74 valence electrons. The Morgan fingerprint density at radius 1 is 1.50 bits per heavy atom. The number of hydrogen-bond acceptors (Lipinski definition) is 1. The SMILES string of the molecule is O=C1NC[C@@H](c2ccc(Cl)cc2Br)N1. The summed E-state index contributed by atoms with van der Waals surface area (Å²) in [6.45, 7) is 0.610. The first kappa shape index (κ1) is 9.80. The molecule has 0 bridgehead atoms. The van der Waals surface area contributed by atoms with Gasteiger partial charge in [0.1, 0.15) is 0 Å². The Bertz CT molecular complexity index is 383. The number of rotatable bonds is 1. The fraction of sp³-hybridized carbons (Fsp3) is 0.222. The van der Waals surface area contributed by atoms with E-state index in [0.29, 0.717) is 11.6 Å². The first-order valence-electron chi connectivity index (χ1n) is 4.16. The molecule has 2 rings (SSSR count). The fourth-order valence-corrected chi connectivity index (χ4v) is 2.39. The molecule has 2 amide bonds. The van der Waals surface area contributed by atoms with Gasteiger partial charge in [0.2, 0.25) is 0 Å². The molecule has 1 aromatic carbocycles. The highest BCUT2D eigenvalue weighted by atomic mass is 79.9. The van der Waals surface area contributed by atoms with Crippen LogP contribution in [0.3, 0.4) is 0 Å². The van der Waals surface area contributed by atoms with Gasteiger partial charge >= 0.3 is 6.03 Å². The molecule has 0 saturated carbocycles. The first-order valence-corrected chi connectivity index (χ1v) is 5.33. The molecule has 0 unspecified atom stereocenters. The van der Waals surface area contributed by atoms with Gasteiger partial charge in [-0.2, -0.15) is 0 Å². The molecular formula is C9H8BrClN2O. The Kier molecular flexibility index (Phi) is 2.65. The molecule has 3 nitrogen and oxygen atoms in total. The molecule has 0 aliphatic carbocycles. The highest BCUT2D eigenvalue weighted by Crippen LogP contribution is 2.27. The van der Waals surface area contributed by atoms with Gasteiger partial charge in [-0.25, -0.2) is 4.79 Å². The van der Waals surface area contributed by atoms with Crippen molar-refractivity contribution in [1.29, 1.82) is 0 Å². The van der Waals surface area contributed by atoms with Gasteiger partial charge in [0.15, 0.2) is 0 Å². The van der Waals surface area contributed by atoms with E-state index in [1.807, 2.05) is 18.2 Å². The van der Waals surface area contributed by atoms with E-state index in [2.05, 4.69) is 26.6 Å². The zero-order valence-electron chi connectivity index (χ0n) is 7.18. The fourth-order valence-electron chi connectivity index (χ4n) is 1.43. The Labute approximate surface area is 95.0 Å². The maximum absolute atomic E-state index is 10.9. The van der Waals surface area contributed by atoms with Gasteiger partial charge in [0.05, 0.1) is 6.04 Å². The third kappa shape index (κ3) is 1.86. The predicted octanol–water partition coefficient (Wildman–Crippen LogP) is 2.46. The lowest BCUT2D eigenvalue weighted by molar-refractivity contribution is 0.247. The highest BCUT2D eigenvalue weighted by molar-refractivity contribution is 9.10. The molecular weight excluding hydrogens is 267 g/mol. The Morgan fingerprint density at radius 3 is 2.86 bits per heavy atom. The van der Waals surface area contributed by atoms with Crippen molar-refractivity contribution in [2.75, 3.05) is 6.54 Å². The second-order valence-electron chi connectivity index (χ2n) is 3.07. The monoisotopic (exact) mass is 274 g/mol. The molecule has 0 aromatic heterocycles. The Hall–Kier alpha value is -0.740. The van der Waals surface area contributed by atoms with E-state index >= 15 is 0 Å². The second-order valence-corrected chi connectivity index (χ2v) is 4.36. The predicted molar refractivity (Wildman–Crippen MR) is 58.4 cm³/mol. The average Bonchev–Trinajstić information content (AvgIpc) is 2.51. The van der Waals surface area contributed by atoms with Crippen molar-refractivity contribution in [3.05, 3.63) is 33.3 Å². The van der Waals surface area contributed by atoms with E-state index in [9.17, 15) is 4.79 Å². The summed E-state index contributed by atoms with van der Waals surface area (Å²) >= 11 is 9.23. The summed E-state index contributed by atoms with van der Waals surface area (Å²) in [5.41, 5.74) is 1.03. The maximum atomic E-state index is 10.9. The topological polar surface area (TPSA) is 41.1 Å². The lowest BCUT2D eigenvalue weighted by atomic mass is 10.1. The summed E-state index contributed by atoms with van der Waals surface area (Å²) < 4.78 is 0.916. The van der Waals surface area contributed by atoms with Crippen LogP contribution in [0.5, 0.6) is 0 Å². The van der Waals surface area contributed by atoms with Crippen LogP contribution in [-0.4, -0.2) is 12.6 Å². The molecule has 1 aliphatic rings. The molecule has 2 N–H and O–H groups in total. The lowest BCUT2D eigenvalue weighted by Crippen LogP contribution is -2.21. The Morgan fingerprint density at radius 2 is 2.29 bits per heavy atom. The molecule has 5 heteroatoms. The van der Waals surface area contributed by atoms with Crippen LogP contribution in [0, 0.1) is 0 Å². The van der Waals surface area contributed by atoms with E-state index in [-0.39, 0.29) is 12.1 Å². The van der Waals surface area contributed by atoms with Crippen LogP contribution in [0.25, 0.3) is 0 Å². The van der Waals surface area contributed by atoms with Crippen molar-refractivity contribution >= 4 is 33.6 Å². The van der Waals surface area contributed by atoms with E-state index in [1.54, 1.807) is 0 Å². The molecule has 1 atom stereocenters. The molecule has 14 heavy (non-hydrogen) atoms. The minimum atomic E-state index is -0.128. The third-order valence-electron chi connectivity index (χ3n) is 2.11. The van der Waals surface area contributed by atoms with E-state index < -0.39 is 0 Å². The summed E-state index contributed by atoms with van der Waals surface area (Å²) in [4.78, 5) is 10.9. The quantitative estimate of drug-likeness (QED) is 0.812. The van der Waals surface area contributed by atoms with Crippen molar-refractivity contribution in [3.8, 4) is 0 Å². The molecule has 0 radical (unpaired) electrons. The van der Waals surface area contributed by atoms with Gasteiger partial charge in [0, 0.05) is 16.0 Å². The number of urea groups is 1. The number of hydrogen-bond donors (Lipinski definition) is 2. The van der Waals surface area contributed by atoms with Crippen LogP contribution >= 0.6 is 27.5 Å². The summed E-state index contributed by atoms with van der Waals surface area (Å²) in [5.74, 6) is 0. The van der Waals surface area contributed by atoms with E-state index in [0.717, 1.165) is 10.0 Å². The van der Waals surface area contributed by atoms with Crippen LogP contribution in [0.15, 0.2) is 22.7 Å². The van der Waals surface area contributed by atoms with Crippen LogP contribution in [-0.2, 0) is 0 Å². The average molecular weight is 276 g/mol. The minimum absolute atomic E-state index is 0.0224. The highest BCUT2D eigenvalue weighted by Gasteiger charge is 2.23. The minimum Gasteiger partial charge on any atom is -0.336 e. The van der Waals surface area contributed by atoms with Gasteiger partial charge in [-0.05, 0) is 17.7 Å². The van der Waals surface area contributed by atoms with Gasteiger partial charge < -0.3 is 10.6 Å². The normalized spacial score (nSPS) is 20.4. The molecule has 1 aliphatic heterocycles. The van der Waals surface area contributed by atoms with Crippen LogP contribution in [0.1, 0.15) is 11.6 Å². The van der Waals surface area contributed by atoms with Gasteiger partial charge in [0.25, 0.3) is 0 Å². The van der Waals surface area contributed by atoms with Gasteiger partial charge in [-0.1, -0.05) is 33.6 Å². The largest absolute Gasteiger partial charge is 0.336 e. The summed E-state index contributed by atoms with van der Waals surface area (Å²) in [7, 11) is 0.